The summed E-state index contributed by atoms with van der Waals surface area (Å²) >= 11 is 5.91. The predicted molar refractivity (Wildman–Crippen MR) is 75.9 cm³/mol. The largest absolute Gasteiger partial charge is 0.461 e. The van der Waals surface area contributed by atoms with Crippen molar-refractivity contribution in [3.8, 4) is 6.01 Å². The highest BCUT2D eigenvalue weighted by molar-refractivity contribution is 6.28. The first kappa shape index (κ1) is 14.7. The second-order valence-electron chi connectivity index (χ2n) is 4.68. The SMILES string of the molecule is CCCn1ccnc1Cc1nc(Cl)nc(OC(C)C)n1. The van der Waals surface area contributed by atoms with Crippen LogP contribution in [-0.4, -0.2) is 30.6 Å². The summed E-state index contributed by atoms with van der Waals surface area (Å²) in [6, 6.07) is 0.253. The van der Waals surface area contributed by atoms with E-state index in [9.17, 15) is 0 Å². The zero-order valence-electron chi connectivity index (χ0n) is 11.9. The summed E-state index contributed by atoms with van der Waals surface area (Å²) in [5, 5.41) is 0.138. The Morgan fingerprint density at radius 2 is 2.10 bits per heavy atom. The molecule has 108 valence electrons. The molecule has 0 radical (unpaired) electrons. The standard InChI is InChI=1S/C13H18ClN5O/c1-4-6-19-7-5-15-11(19)8-10-16-12(14)18-13(17-10)20-9(2)3/h5,7,9H,4,6,8H2,1-3H3. The lowest BCUT2D eigenvalue weighted by atomic mass is 10.3. The molecule has 0 bridgehead atoms. The minimum absolute atomic E-state index is 0.0107. The van der Waals surface area contributed by atoms with Crippen LogP contribution in [0, 0.1) is 0 Å². The third-order valence-corrected chi connectivity index (χ3v) is 2.73. The van der Waals surface area contributed by atoms with Crippen LogP contribution in [0.5, 0.6) is 6.01 Å². The van der Waals surface area contributed by atoms with Gasteiger partial charge in [0.05, 0.1) is 12.5 Å². The van der Waals surface area contributed by atoms with Crippen molar-refractivity contribution >= 4 is 11.6 Å². The molecule has 0 aromatic carbocycles. The van der Waals surface area contributed by atoms with E-state index in [1.54, 1.807) is 6.20 Å². The maximum absolute atomic E-state index is 5.91. The molecule has 2 rings (SSSR count). The highest BCUT2D eigenvalue weighted by atomic mass is 35.5. The summed E-state index contributed by atoms with van der Waals surface area (Å²) in [7, 11) is 0. The van der Waals surface area contributed by atoms with Gasteiger partial charge in [0.1, 0.15) is 11.6 Å². The molecule has 6 nitrogen and oxygen atoms in total. The first-order valence-corrected chi connectivity index (χ1v) is 7.03. The van der Waals surface area contributed by atoms with Crippen LogP contribution in [0.3, 0.4) is 0 Å². The van der Waals surface area contributed by atoms with Crippen LogP contribution in [0.25, 0.3) is 0 Å². The molecular formula is C13H18ClN5O. The highest BCUT2D eigenvalue weighted by Gasteiger charge is 2.11. The number of rotatable bonds is 6. The fraction of sp³-hybridized carbons (Fsp3) is 0.538. The van der Waals surface area contributed by atoms with Crippen LogP contribution < -0.4 is 4.74 Å². The third-order valence-electron chi connectivity index (χ3n) is 2.56. The van der Waals surface area contributed by atoms with Gasteiger partial charge < -0.3 is 9.30 Å². The van der Waals surface area contributed by atoms with Gasteiger partial charge in [0.2, 0.25) is 5.28 Å². The molecule has 0 fully saturated rings. The molecule has 20 heavy (non-hydrogen) atoms. The summed E-state index contributed by atoms with van der Waals surface area (Å²) in [6.45, 7) is 6.86. The molecule has 2 heterocycles. The van der Waals surface area contributed by atoms with E-state index in [-0.39, 0.29) is 17.4 Å². The van der Waals surface area contributed by atoms with Crippen LogP contribution >= 0.6 is 11.6 Å². The maximum atomic E-state index is 5.91. The molecule has 2 aromatic rings. The van der Waals surface area contributed by atoms with E-state index in [4.69, 9.17) is 16.3 Å². The molecule has 0 amide bonds. The minimum Gasteiger partial charge on any atom is -0.461 e. The Labute approximate surface area is 123 Å². The first-order chi connectivity index (χ1) is 9.58. The van der Waals surface area contributed by atoms with E-state index >= 15 is 0 Å². The zero-order valence-corrected chi connectivity index (χ0v) is 12.6. The molecule has 0 N–H and O–H groups in total. The molecule has 0 saturated heterocycles. The Balaban J connectivity index is 2.20. The van der Waals surface area contributed by atoms with E-state index in [2.05, 4.69) is 31.4 Å². The maximum Gasteiger partial charge on any atom is 0.321 e. The van der Waals surface area contributed by atoms with Crippen LogP contribution in [0.4, 0.5) is 0 Å². The predicted octanol–water partition coefficient (Wildman–Crippen LogP) is 2.51. The van der Waals surface area contributed by atoms with Crippen molar-refractivity contribution in [1.29, 1.82) is 0 Å². The van der Waals surface area contributed by atoms with E-state index in [1.807, 2.05) is 20.0 Å². The first-order valence-electron chi connectivity index (χ1n) is 6.65. The average Bonchev–Trinajstić information content (AvgIpc) is 2.75. The summed E-state index contributed by atoms with van der Waals surface area (Å²) in [6.07, 6.45) is 5.27. The summed E-state index contributed by atoms with van der Waals surface area (Å²) in [5.41, 5.74) is 0. The number of aryl methyl sites for hydroxylation is 1. The highest BCUT2D eigenvalue weighted by Crippen LogP contribution is 2.12. The van der Waals surface area contributed by atoms with Gasteiger partial charge in [-0.25, -0.2) is 9.97 Å². The van der Waals surface area contributed by atoms with Gasteiger partial charge in [-0.2, -0.15) is 9.97 Å². The molecular weight excluding hydrogens is 278 g/mol. The zero-order chi connectivity index (χ0) is 14.5. The van der Waals surface area contributed by atoms with Gasteiger partial charge in [-0.3, -0.25) is 0 Å². The third kappa shape index (κ3) is 3.90. The van der Waals surface area contributed by atoms with Crippen molar-refractivity contribution in [3.05, 3.63) is 29.3 Å². The van der Waals surface area contributed by atoms with Gasteiger partial charge >= 0.3 is 6.01 Å². The molecule has 0 spiro atoms. The molecule has 0 aliphatic heterocycles. The number of aromatic nitrogens is 5. The number of ether oxygens (including phenoxy) is 1. The van der Waals surface area contributed by atoms with Gasteiger partial charge in [0.15, 0.2) is 0 Å². The molecule has 0 atom stereocenters. The Hall–Kier alpha value is -1.69. The monoisotopic (exact) mass is 295 g/mol. The van der Waals surface area contributed by atoms with Crippen LogP contribution in [0.1, 0.15) is 38.8 Å². The molecule has 0 saturated carbocycles. The van der Waals surface area contributed by atoms with Gasteiger partial charge in [0.25, 0.3) is 0 Å². The van der Waals surface area contributed by atoms with Crippen molar-refractivity contribution in [3.63, 3.8) is 0 Å². The van der Waals surface area contributed by atoms with Gasteiger partial charge in [-0.1, -0.05) is 6.92 Å². The minimum atomic E-state index is -0.0107. The number of hydrogen-bond acceptors (Lipinski definition) is 5. The Bertz CT molecular complexity index is 570. The Morgan fingerprint density at radius 3 is 2.80 bits per heavy atom. The Kier molecular flexibility index (Phi) is 4.89. The van der Waals surface area contributed by atoms with Crippen LogP contribution in [0.2, 0.25) is 5.28 Å². The van der Waals surface area contributed by atoms with Crippen molar-refractivity contribution in [2.24, 2.45) is 0 Å². The van der Waals surface area contributed by atoms with E-state index < -0.39 is 0 Å². The summed E-state index contributed by atoms with van der Waals surface area (Å²) in [5.74, 6) is 1.47. The van der Waals surface area contributed by atoms with Crippen molar-refractivity contribution in [1.82, 2.24) is 24.5 Å². The number of hydrogen-bond donors (Lipinski definition) is 0. The second-order valence-corrected chi connectivity index (χ2v) is 5.02. The van der Waals surface area contributed by atoms with E-state index in [0.29, 0.717) is 12.2 Å². The van der Waals surface area contributed by atoms with Crippen molar-refractivity contribution < 1.29 is 4.74 Å². The van der Waals surface area contributed by atoms with Crippen molar-refractivity contribution in [2.75, 3.05) is 0 Å². The normalized spacial score (nSPS) is 11.1. The smallest absolute Gasteiger partial charge is 0.321 e. The fourth-order valence-electron chi connectivity index (χ4n) is 1.81. The number of nitrogens with zero attached hydrogens (tertiary/aromatic N) is 5. The number of halogens is 1. The second kappa shape index (κ2) is 6.65. The van der Waals surface area contributed by atoms with Gasteiger partial charge in [-0.15, -0.1) is 0 Å². The lowest BCUT2D eigenvalue weighted by molar-refractivity contribution is 0.220. The molecule has 0 aliphatic carbocycles. The average molecular weight is 296 g/mol. The quantitative estimate of drug-likeness (QED) is 0.819. The molecule has 0 aliphatic rings. The van der Waals surface area contributed by atoms with Crippen LogP contribution in [0.15, 0.2) is 12.4 Å². The topological polar surface area (TPSA) is 65.7 Å². The lowest BCUT2D eigenvalue weighted by Crippen LogP contribution is -2.12. The molecule has 2 aromatic heterocycles. The Morgan fingerprint density at radius 1 is 1.30 bits per heavy atom. The lowest BCUT2D eigenvalue weighted by Gasteiger charge is -2.09. The summed E-state index contributed by atoms with van der Waals surface area (Å²) < 4.78 is 7.54. The van der Waals surface area contributed by atoms with Gasteiger partial charge in [0, 0.05) is 18.9 Å². The molecule has 0 unspecified atom stereocenters. The summed E-state index contributed by atoms with van der Waals surface area (Å²) in [4.78, 5) is 16.7. The molecule has 7 heteroatoms. The van der Waals surface area contributed by atoms with Crippen molar-refractivity contribution in [2.45, 2.75) is 46.3 Å². The van der Waals surface area contributed by atoms with Crippen LogP contribution in [-0.2, 0) is 13.0 Å². The fourth-order valence-corrected chi connectivity index (χ4v) is 1.98. The number of imidazole rings is 1. The van der Waals surface area contributed by atoms with E-state index in [1.165, 1.54) is 0 Å². The van der Waals surface area contributed by atoms with E-state index in [0.717, 1.165) is 18.8 Å². The van der Waals surface area contributed by atoms with Gasteiger partial charge in [-0.05, 0) is 31.9 Å².